The van der Waals surface area contributed by atoms with Crippen LogP contribution in [0.5, 0.6) is 0 Å². The van der Waals surface area contributed by atoms with Crippen LogP contribution in [0.4, 0.5) is 0 Å². The Balaban J connectivity index is 1.61. The second-order valence-electron chi connectivity index (χ2n) is 12.9. The number of nitrogens with zero attached hydrogens (tertiary/aromatic N) is 1. The van der Waals surface area contributed by atoms with Crippen molar-refractivity contribution in [2.24, 2.45) is 28.6 Å². The first-order valence-corrected chi connectivity index (χ1v) is 13.7. The van der Waals surface area contributed by atoms with Gasteiger partial charge >= 0.3 is 5.97 Å². The van der Waals surface area contributed by atoms with E-state index in [1.165, 1.54) is 6.92 Å². The van der Waals surface area contributed by atoms with Crippen molar-refractivity contribution in [3.63, 3.8) is 0 Å². The largest absolute Gasteiger partial charge is 0.459 e. The third kappa shape index (κ3) is 2.16. The molecule has 13 atom stereocenters. The lowest BCUT2D eigenvalue weighted by atomic mass is 9.41. The van der Waals surface area contributed by atoms with Crippen LogP contribution in [0.3, 0.4) is 0 Å². The highest BCUT2D eigenvalue weighted by molar-refractivity contribution is 5.67. The predicted octanol–water partition coefficient (Wildman–Crippen LogP) is 1.35. The molecule has 0 amide bonds. The van der Waals surface area contributed by atoms with Gasteiger partial charge in [-0.1, -0.05) is 13.8 Å². The molecule has 202 valence electrons. The van der Waals surface area contributed by atoms with Crippen LogP contribution in [-0.4, -0.2) is 104 Å². The molecule has 0 aromatic rings. The summed E-state index contributed by atoms with van der Waals surface area (Å²) < 4.78 is 38.7. The van der Waals surface area contributed by atoms with Crippen molar-refractivity contribution in [1.82, 2.24) is 4.90 Å². The highest BCUT2D eigenvalue weighted by Crippen LogP contribution is 2.83. The molecule has 1 N–H and O–H groups in total. The number of esters is 1. The van der Waals surface area contributed by atoms with Crippen molar-refractivity contribution in [2.45, 2.75) is 93.7 Å². The van der Waals surface area contributed by atoms with E-state index in [2.05, 4.69) is 18.7 Å². The molecule has 2 heterocycles. The van der Waals surface area contributed by atoms with Crippen molar-refractivity contribution in [3.8, 4) is 0 Å². The maximum atomic E-state index is 13.4. The van der Waals surface area contributed by atoms with Crippen LogP contribution in [-0.2, 0) is 33.2 Å². The minimum absolute atomic E-state index is 0.0317. The molecule has 2 saturated heterocycles. The number of likely N-dealkylation sites (N-methyl/N-ethyl adjacent to an activating group) is 1. The molecule has 5 aliphatic carbocycles. The fourth-order valence-electron chi connectivity index (χ4n) is 11.7. The van der Waals surface area contributed by atoms with Crippen molar-refractivity contribution in [1.29, 1.82) is 0 Å². The molecule has 3 spiro atoms. The topological polar surface area (TPSA) is 95.9 Å². The quantitative estimate of drug-likeness (QED) is 0.553. The molecule has 0 aromatic carbocycles. The third-order valence-corrected chi connectivity index (χ3v) is 12.2. The molecule has 5 unspecified atom stereocenters. The van der Waals surface area contributed by atoms with Crippen LogP contribution in [0.1, 0.15) is 46.5 Å². The van der Waals surface area contributed by atoms with Gasteiger partial charge in [0.2, 0.25) is 0 Å². The highest BCUT2D eigenvalue weighted by Gasteiger charge is 2.97. The summed E-state index contributed by atoms with van der Waals surface area (Å²) in [6.07, 6.45) is 1.69. The zero-order chi connectivity index (χ0) is 25.5. The summed E-state index contributed by atoms with van der Waals surface area (Å²) in [6, 6.07) is -0.224. The molecule has 0 aromatic heterocycles. The smallest absolute Gasteiger partial charge is 0.303 e. The van der Waals surface area contributed by atoms with E-state index in [1.54, 1.807) is 21.3 Å². The molecule has 7 fully saturated rings. The molecule has 2 aliphatic heterocycles. The zero-order valence-electron chi connectivity index (χ0n) is 22.3. The van der Waals surface area contributed by atoms with Crippen molar-refractivity contribution < 1.29 is 38.3 Å². The van der Waals surface area contributed by atoms with Gasteiger partial charge in [0.1, 0.15) is 18.5 Å². The number of methoxy groups -OCH3 is 3. The molecule has 36 heavy (non-hydrogen) atoms. The molecular weight excluding hydrogens is 466 g/mol. The van der Waals surface area contributed by atoms with Gasteiger partial charge in [-0.25, -0.2) is 0 Å². The number of aliphatic hydroxyl groups is 1. The third-order valence-electron chi connectivity index (χ3n) is 12.2. The number of piperidine rings is 1. The lowest BCUT2D eigenvalue weighted by molar-refractivity contribution is -0.332. The summed E-state index contributed by atoms with van der Waals surface area (Å²) in [7, 11) is 5.23. The van der Waals surface area contributed by atoms with E-state index in [0.29, 0.717) is 12.8 Å². The summed E-state index contributed by atoms with van der Waals surface area (Å²) >= 11 is 0. The molecule has 7 bridgehead atoms. The highest BCUT2D eigenvalue weighted by atomic mass is 16.7. The van der Waals surface area contributed by atoms with Crippen LogP contribution in [0.25, 0.3) is 0 Å². The van der Waals surface area contributed by atoms with Crippen LogP contribution < -0.4 is 0 Å². The van der Waals surface area contributed by atoms with Crippen LogP contribution >= 0.6 is 0 Å². The zero-order valence-corrected chi connectivity index (χ0v) is 22.3. The Hall–Kier alpha value is -0.810. The van der Waals surface area contributed by atoms with E-state index < -0.39 is 28.3 Å². The summed E-state index contributed by atoms with van der Waals surface area (Å²) in [4.78, 5) is 15.3. The van der Waals surface area contributed by atoms with Gasteiger partial charge in [0.05, 0.1) is 35.4 Å². The average Bonchev–Trinajstić information content (AvgIpc) is 3.40. The van der Waals surface area contributed by atoms with Gasteiger partial charge in [-0.2, -0.15) is 0 Å². The van der Waals surface area contributed by atoms with E-state index in [9.17, 15) is 9.90 Å². The number of rotatable bonds is 5. The van der Waals surface area contributed by atoms with Gasteiger partial charge in [-0.15, -0.1) is 0 Å². The maximum Gasteiger partial charge on any atom is 0.303 e. The fraction of sp³-hybridized carbons (Fsp3) is 0.963. The number of ether oxygens (including phenoxy) is 6. The average molecular weight is 508 g/mol. The van der Waals surface area contributed by atoms with Crippen molar-refractivity contribution >= 4 is 5.97 Å². The number of likely N-dealkylation sites (tertiary alicyclic amines) is 1. The Morgan fingerprint density at radius 3 is 2.53 bits per heavy atom. The minimum atomic E-state index is -1.16. The van der Waals surface area contributed by atoms with Crippen LogP contribution in [0, 0.1) is 28.6 Å². The van der Waals surface area contributed by atoms with E-state index in [-0.39, 0.29) is 60.3 Å². The normalized spacial score (nSPS) is 60.2. The minimum Gasteiger partial charge on any atom is -0.459 e. The Morgan fingerprint density at radius 1 is 1.11 bits per heavy atom. The van der Waals surface area contributed by atoms with E-state index in [4.69, 9.17) is 28.4 Å². The lowest BCUT2D eigenvalue weighted by Crippen LogP contribution is -2.85. The summed E-state index contributed by atoms with van der Waals surface area (Å²) in [5, 5.41) is 13.4. The Labute approximate surface area is 213 Å². The first-order chi connectivity index (χ1) is 17.2. The summed E-state index contributed by atoms with van der Waals surface area (Å²) in [5.74, 6) is -0.771. The van der Waals surface area contributed by atoms with Crippen LogP contribution in [0.2, 0.25) is 0 Å². The summed E-state index contributed by atoms with van der Waals surface area (Å²) in [5.41, 5.74) is -3.94. The van der Waals surface area contributed by atoms with Crippen LogP contribution in [0.15, 0.2) is 0 Å². The molecule has 7 rings (SSSR count). The number of carbonyl (C=O) groups is 1. The number of carbonyl (C=O) groups excluding carboxylic acids is 1. The maximum absolute atomic E-state index is 13.4. The predicted molar refractivity (Wildman–Crippen MR) is 126 cm³/mol. The molecule has 0 radical (unpaired) electrons. The standard InChI is InChI=1S/C27H41NO8/c1-7-28-12-23(3)9-8-17(32-5)26-20(23)21(36-14(2)29)27(22(26)28)25(34-13-35-27)11-16(31-4)15-10-24(26,30)19(25)18(15)33-6/h15-22,30H,7-13H2,1-6H3/t15?,16?,17-,18-,19?,20?,21-,22-,23-,24-,25+,26+,27?/m0/s1. The number of hydrogen-bond acceptors (Lipinski definition) is 9. The van der Waals surface area contributed by atoms with Gasteiger partial charge in [-0.05, 0) is 31.2 Å². The number of fused-ring (bicyclic) bond motifs is 1. The summed E-state index contributed by atoms with van der Waals surface area (Å²) in [6.45, 7) is 7.72. The Morgan fingerprint density at radius 2 is 1.89 bits per heavy atom. The molecule has 5 saturated carbocycles. The van der Waals surface area contributed by atoms with Gasteiger partial charge in [-0.3, -0.25) is 9.69 Å². The van der Waals surface area contributed by atoms with E-state index in [0.717, 1.165) is 25.9 Å². The fourth-order valence-corrected chi connectivity index (χ4v) is 11.7. The van der Waals surface area contributed by atoms with Crippen molar-refractivity contribution in [3.05, 3.63) is 0 Å². The Kier molecular flexibility index (Phi) is 4.87. The molecule has 9 nitrogen and oxygen atoms in total. The second-order valence-corrected chi connectivity index (χ2v) is 12.9. The number of hydrogen-bond donors (Lipinski definition) is 1. The first kappa shape index (κ1) is 24.2. The Bertz CT molecular complexity index is 979. The SMILES string of the molecule is CCN1C[C@]2(C)CC[C@H](OC)[C@]34C2[C@H](OC(C)=O)C2(OCO[C@@]25CC(OC)C2C[C@]3(O)C5[C@H]2OC)[C@@H]14. The van der Waals surface area contributed by atoms with E-state index in [1.807, 2.05) is 0 Å². The monoisotopic (exact) mass is 507 g/mol. The molecular formula is C27H41NO8. The lowest BCUT2D eigenvalue weighted by Gasteiger charge is -2.71. The van der Waals surface area contributed by atoms with Gasteiger partial charge in [0, 0.05) is 59.0 Å². The molecule has 7 aliphatic rings. The first-order valence-electron chi connectivity index (χ1n) is 13.7. The van der Waals surface area contributed by atoms with Crippen molar-refractivity contribution in [2.75, 3.05) is 41.2 Å². The second kappa shape index (κ2) is 7.23. The van der Waals surface area contributed by atoms with Gasteiger partial charge in [0.15, 0.2) is 5.60 Å². The molecule has 9 heteroatoms. The van der Waals surface area contributed by atoms with E-state index >= 15 is 0 Å². The van der Waals surface area contributed by atoms with Gasteiger partial charge < -0.3 is 33.5 Å². The van der Waals surface area contributed by atoms with Gasteiger partial charge in [0.25, 0.3) is 0 Å².